The van der Waals surface area contributed by atoms with Crippen LogP contribution < -0.4 is 5.32 Å². The van der Waals surface area contributed by atoms with Gasteiger partial charge in [0.1, 0.15) is 0 Å². The highest BCUT2D eigenvalue weighted by molar-refractivity contribution is 5.93. The van der Waals surface area contributed by atoms with E-state index in [0.29, 0.717) is 11.5 Å². The molecule has 1 aliphatic rings. The lowest BCUT2D eigenvalue weighted by atomic mass is 9.71. The average molecular weight is 282 g/mol. The van der Waals surface area contributed by atoms with Gasteiger partial charge in [0.15, 0.2) is 0 Å². The van der Waals surface area contributed by atoms with Gasteiger partial charge < -0.3 is 5.32 Å². The zero-order valence-corrected chi connectivity index (χ0v) is 13.4. The predicted molar refractivity (Wildman–Crippen MR) is 90.6 cm³/mol. The fraction of sp³-hybridized carbons (Fsp3) is 0.526. The molecule has 1 saturated carbocycles. The molecule has 1 N–H and O–H groups in total. The predicted octanol–water partition coefficient (Wildman–Crippen LogP) is 5.25. The summed E-state index contributed by atoms with van der Waals surface area (Å²) in [6.45, 7) is 7.13. The van der Waals surface area contributed by atoms with Crippen molar-refractivity contribution in [1.29, 1.82) is 0 Å². The number of pyridine rings is 1. The maximum Gasteiger partial charge on any atom is 0.0437 e. The Balaban J connectivity index is 1.70. The minimum atomic E-state index is 0.453. The van der Waals surface area contributed by atoms with Gasteiger partial charge in [0, 0.05) is 29.5 Å². The van der Waals surface area contributed by atoms with E-state index >= 15 is 0 Å². The van der Waals surface area contributed by atoms with Crippen molar-refractivity contribution in [2.24, 2.45) is 11.3 Å². The van der Waals surface area contributed by atoms with Crippen LogP contribution >= 0.6 is 0 Å². The largest absolute Gasteiger partial charge is 0.382 e. The normalized spacial score (nSPS) is 23.2. The van der Waals surface area contributed by atoms with E-state index in [1.54, 1.807) is 0 Å². The molecule has 0 unspecified atom stereocenters. The van der Waals surface area contributed by atoms with Crippen molar-refractivity contribution in [2.45, 2.75) is 52.5 Å². The molecular weight excluding hydrogens is 256 g/mol. The van der Waals surface area contributed by atoms with Gasteiger partial charge in [0.05, 0.1) is 0 Å². The molecule has 3 rings (SSSR count). The summed E-state index contributed by atoms with van der Waals surface area (Å²) in [4.78, 5) is 4.27. The van der Waals surface area contributed by atoms with E-state index in [1.807, 2.05) is 12.4 Å². The van der Waals surface area contributed by atoms with Crippen molar-refractivity contribution in [1.82, 2.24) is 4.98 Å². The standard InChI is InChI=1S/C19H26N2/c1-19(2,3)15-7-9-16(10-8-15)21-18-6-4-5-14-11-12-20-13-17(14)18/h4-6,11-13,15-16,21H,7-10H2,1-3H3. The van der Waals surface area contributed by atoms with E-state index < -0.39 is 0 Å². The van der Waals surface area contributed by atoms with Gasteiger partial charge in [0.25, 0.3) is 0 Å². The van der Waals surface area contributed by atoms with E-state index in [-0.39, 0.29) is 0 Å². The quantitative estimate of drug-likeness (QED) is 0.813. The second-order valence-electron chi connectivity index (χ2n) is 7.46. The van der Waals surface area contributed by atoms with Crippen molar-refractivity contribution in [2.75, 3.05) is 5.32 Å². The van der Waals surface area contributed by atoms with Crippen LogP contribution in [0.25, 0.3) is 10.8 Å². The highest BCUT2D eigenvalue weighted by Crippen LogP contribution is 2.38. The molecule has 0 spiro atoms. The summed E-state index contributed by atoms with van der Waals surface area (Å²) in [5, 5.41) is 6.25. The van der Waals surface area contributed by atoms with Crippen LogP contribution in [0.3, 0.4) is 0 Å². The summed E-state index contributed by atoms with van der Waals surface area (Å²) in [7, 11) is 0. The molecule has 2 nitrogen and oxygen atoms in total. The van der Waals surface area contributed by atoms with E-state index in [0.717, 1.165) is 5.92 Å². The van der Waals surface area contributed by atoms with Crippen LogP contribution in [0.2, 0.25) is 0 Å². The van der Waals surface area contributed by atoms with E-state index in [4.69, 9.17) is 0 Å². The Kier molecular flexibility index (Phi) is 3.88. The Morgan fingerprint density at radius 2 is 1.81 bits per heavy atom. The van der Waals surface area contributed by atoms with Crippen LogP contribution in [0.1, 0.15) is 46.5 Å². The van der Waals surface area contributed by atoms with Crippen molar-refractivity contribution in [3.05, 3.63) is 36.7 Å². The zero-order valence-electron chi connectivity index (χ0n) is 13.4. The number of rotatable bonds is 2. The molecule has 2 heteroatoms. The first kappa shape index (κ1) is 14.4. The fourth-order valence-corrected chi connectivity index (χ4v) is 3.56. The van der Waals surface area contributed by atoms with Crippen LogP contribution in [0.15, 0.2) is 36.7 Å². The minimum absolute atomic E-state index is 0.453. The summed E-state index contributed by atoms with van der Waals surface area (Å²) < 4.78 is 0. The molecule has 1 aliphatic carbocycles. The van der Waals surface area contributed by atoms with Crippen molar-refractivity contribution in [3.63, 3.8) is 0 Å². The summed E-state index contributed by atoms with van der Waals surface area (Å²) in [6, 6.07) is 9.15. The van der Waals surface area contributed by atoms with Crippen molar-refractivity contribution in [3.8, 4) is 0 Å². The Labute approximate surface area is 128 Å². The number of anilines is 1. The van der Waals surface area contributed by atoms with Crippen LogP contribution in [0.4, 0.5) is 5.69 Å². The lowest BCUT2D eigenvalue weighted by Crippen LogP contribution is -2.31. The third-order valence-corrected chi connectivity index (χ3v) is 5.00. The SMILES string of the molecule is CC(C)(C)C1CCC(Nc2cccc3ccncc23)CC1. The van der Waals surface area contributed by atoms with E-state index in [9.17, 15) is 0 Å². The summed E-state index contributed by atoms with van der Waals surface area (Å²) >= 11 is 0. The van der Waals surface area contributed by atoms with Gasteiger partial charge in [-0.25, -0.2) is 0 Å². The molecule has 1 aromatic heterocycles. The van der Waals surface area contributed by atoms with Crippen LogP contribution in [0, 0.1) is 11.3 Å². The number of hydrogen-bond acceptors (Lipinski definition) is 2. The van der Waals surface area contributed by atoms with Crippen molar-refractivity contribution >= 4 is 16.5 Å². The fourth-order valence-electron chi connectivity index (χ4n) is 3.56. The number of nitrogens with one attached hydrogen (secondary N) is 1. The molecule has 0 saturated heterocycles. The Morgan fingerprint density at radius 3 is 2.52 bits per heavy atom. The number of fused-ring (bicyclic) bond motifs is 1. The smallest absolute Gasteiger partial charge is 0.0437 e. The Bertz CT molecular complexity index is 599. The summed E-state index contributed by atoms with van der Waals surface area (Å²) in [5.74, 6) is 0.865. The maximum absolute atomic E-state index is 4.27. The Morgan fingerprint density at radius 1 is 1.05 bits per heavy atom. The molecule has 21 heavy (non-hydrogen) atoms. The number of benzene rings is 1. The number of aromatic nitrogens is 1. The maximum atomic E-state index is 4.27. The first-order valence-corrected chi connectivity index (χ1v) is 8.13. The second kappa shape index (κ2) is 5.67. The third kappa shape index (κ3) is 3.20. The molecule has 1 heterocycles. The lowest BCUT2D eigenvalue weighted by Gasteiger charge is -2.37. The van der Waals surface area contributed by atoms with Gasteiger partial charge in [-0.3, -0.25) is 4.98 Å². The summed E-state index contributed by atoms with van der Waals surface area (Å²) in [5.41, 5.74) is 1.69. The highest BCUT2D eigenvalue weighted by Gasteiger charge is 2.29. The molecule has 0 radical (unpaired) electrons. The molecule has 2 aromatic rings. The molecule has 0 atom stereocenters. The lowest BCUT2D eigenvalue weighted by molar-refractivity contribution is 0.173. The first-order valence-electron chi connectivity index (χ1n) is 8.13. The van der Waals surface area contributed by atoms with Gasteiger partial charge in [-0.1, -0.05) is 32.9 Å². The second-order valence-corrected chi connectivity index (χ2v) is 7.46. The van der Waals surface area contributed by atoms with Crippen LogP contribution in [-0.4, -0.2) is 11.0 Å². The van der Waals surface area contributed by atoms with Crippen molar-refractivity contribution < 1.29 is 0 Å². The average Bonchev–Trinajstić information content (AvgIpc) is 2.47. The number of nitrogens with zero attached hydrogens (tertiary/aromatic N) is 1. The first-order chi connectivity index (χ1) is 10.0. The van der Waals surface area contributed by atoms with Gasteiger partial charge in [-0.2, -0.15) is 0 Å². The van der Waals surface area contributed by atoms with Crippen LogP contribution in [0.5, 0.6) is 0 Å². The monoisotopic (exact) mass is 282 g/mol. The van der Waals surface area contributed by atoms with E-state index in [1.165, 1.54) is 42.1 Å². The molecule has 112 valence electrons. The Hall–Kier alpha value is -1.57. The van der Waals surface area contributed by atoms with E-state index in [2.05, 4.69) is 55.3 Å². The minimum Gasteiger partial charge on any atom is -0.382 e. The van der Waals surface area contributed by atoms with Crippen LogP contribution in [-0.2, 0) is 0 Å². The zero-order chi connectivity index (χ0) is 14.9. The molecule has 1 aromatic carbocycles. The summed E-state index contributed by atoms with van der Waals surface area (Å²) in [6.07, 6.45) is 9.06. The molecule has 0 aliphatic heterocycles. The molecule has 0 amide bonds. The molecule has 0 bridgehead atoms. The van der Waals surface area contributed by atoms with Gasteiger partial charge in [-0.05, 0) is 54.5 Å². The highest BCUT2D eigenvalue weighted by atomic mass is 14.9. The van der Waals surface area contributed by atoms with Gasteiger partial charge >= 0.3 is 0 Å². The van der Waals surface area contributed by atoms with Gasteiger partial charge in [-0.15, -0.1) is 0 Å². The topological polar surface area (TPSA) is 24.9 Å². The van der Waals surface area contributed by atoms with Gasteiger partial charge in [0.2, 0.25) is 0 Å². The molecular formula is C19H26N2. The molecule has 1 fully saturated rings. The third-order valence-electron chi connectivity index (χ3n) is 5.00. The number of hydrogen-bond donors (Lipinski definition) is 1.